The van der Waals surface area contributed by atoms with Gasteiger partial charge >= 0.3 is 5.97 Å². The van der Waals surface area contributed by atoms with E-state index in [1.807, 2.05) is 0 Å². The highest BCUT2D eigenvalue weighted by molar-refractivity contribution is 5.72. The van der Waals surface area contributed by atoms with Gasteiger partial charge in [-0.25, -0.2) is 0 Å². The van der Waals surface area contributed by atoms with E-state index in [4.69, 9.17) is 5.11 Å². The lowest BCUT2D eigenvalue weighted by molar-refractivity contribution is -0.145. The highest BCUT2D eigenvalue weighted by atomic mass is 16.4. The fraction of sp³-hybridized carbons (Fsp3) is 0.875. The van der Waals surface area contributed by atoms with Crippen LogP contribution in [0, 0.1) is 11.3 Å². The van der Waals surface area contributed by atoms with Crippen molar-refractivity contribution in [2.24, 2.45) is 11.3 Å². The van der Waals surface area contributed by atoms with E-state index in [1.54, 1.807) is 0 Å². The summed E-state index contributed by atoms with van der Waals surface area (Å²) in [5.74, 6) is -0.659. The Morgan fingerprint density at radius 3 is 2.73 bits per heavy atom. The lowest BCUT2D eigenvalue weighted by Gasteiger charge is -2.28. The lowest BCUT2D eigenvalue weighted by atomic mass is 9.83. The number of carboxylic acid groups (broad SMARTS) is 1. The van der Waals surface area contributed by atoms with E-state index >= 15 is 0 Å². The number of piperidine rings is 1. The van der Waals surface area contributed by atoms with E-state index in [-0.39, 0.29) is 11.3 Å². The molecule has 1 atom stereocenters. The summed E-state index contributed by atoms with van der Waals surface area (Å²) in [7, 11) is 0. The van der Waals surface area contributed by atoms with Crippen LogP contribution in [-0.4, -0.2) is 24.2 Å². The first-order chi connectivity index (χ1) is 5.25. The van der Waals surface area contributed by atoms with Gasteiger partial charge in [0, 0.05) is 6.54 Å². The Bertz CT molecular complexity index is 187. The highest BCUT2D eigenvalue weighted by Gasteiger charge is 2.53. The molecular formula is C8H13NO2. The van der Waals surface area contributed by atoms with E-state index in [0.717, 1.165) is 32.4 Å². The van der Waals surface area contributed by atoms with Crippen molar-refractivity contribution < 1.29 is 9.90 Å². The summed E-state index contributed by atoms with van der Waals surface area (Å²) in [5, 5.41) is 12.1. The minimum absolute atomic E-state index is 0.0660. The van der Waals surface area contributed by atoms with E-state index in [1.165, 1.54) is 0 Å². The first kappa shape index (κ1) is 7.10. The van der Waals surface area contributed by atoms with Crippen LogP contribution in [-0.2, 0) is 4.79 Å². The third-order valence-electron chi connectivity index (χ3n) is 3.02. The molecule has 1 aliphatic heterocycles. The molecule has 0 bridgehead atoms. The zero-order valence-corrected chi connectivity index (χ0v) is 6.47. The van der Waals surface area contributed by atoms with Gasteiger partial charge in [-0.05, 0) is 31.2 Å². The number of rotatable bonds is 1. The van der Waals surface area contributed by atoms with Gasteiger partial charge < -0.3 is 10.4 Å². The number of hydrogen-bond acceptors (Lipinski definition) is 2. The molecule has 0 aromatic carbocycles. The van der Waals surface area contributed by atoms with Crippen LogP contribution in [0.1, 0.15) is 19.3 Å². The molecule has 0 radical (unpaired) electrons. The number of aliphatic carboxylic acids is 1. The van der Waals surface area contributed by atoms with Gasteiger partial charge in [0.2, 0.25) is 0 Å². The predicted molar refractivity (Wildman–Crippen MR) is 40.3 cm³/mol. The molecular weight excluding hydrogens is 142 g/mol. The molecule has 0 aromatic heterocycles. The second kappa shape index (κ2) is 2.21. The van der Waals surface area contributed by atoms with Gasteiger partial charge in [-0.15, -0.1) is 0 Å². The van der Waals surface area contributed by atoms with E-state index in [2.05, 4.69) is 5.32 Å². The number of carbonyl (C=O) groups is 1. The maximum Gasteiger partial charge on any atom is 0.307 e. The Morgan fingerprint density at radius 2 is 2.27 bits per heavy atom. The standard InChI is InChI=1S/C8H13NO2/c10-7(11)6-1-4-9-5-8(6)2-3-8/h6,9H,1-5H2,(H,10,11). The second-order valence-electron chi connectivity index (χ2n) is 3.72. The quantitative estimate of drug-likeness (QED) is 0.578. The third-order valence-corrected chi connectivity index (χ3v) is 3.02. The second-order valence-corrected chi connectivity index (χ2v) is 3.72. The normalized spacial score (nSPS) is 33.6. The maximum absolute atomic E-state index is 10.8. The Balaban J connectivity index is 2.10. The zero-order valence-electron chi connectivity index (χ0n) is 6.47. The van der Waals surface area contributed by atoms with Crippen molar-refractivity contribution in [3.05, 3.63) is 0 Å². The molecule has 11 heavy (non-hydrogen) atoms. The molecule has 0 amide bonds. The third kappa shape index (κ3) is 1.03. The van der Waals surface area contributed by atoms with Gasteiger partial charge in [-0.2, -0.15) is 0 Å². The molecule has 1 saturated carbocycles. The van der Waals surface area contributed by atoms with Gasteiger partial charge in [0.15, 0.2) is 0 Å². The smallest absolute Gasteiger partial charge is 0.307 e. The van der Waals surface area contributed by atoms with Crippen LogP contribution in [0.2, 0.25) is 0 Å². The largest absolute Gasteiger partial charge is 0.481 e. The van der Waals surface area contributed by atoms with Crippen LogP contribution in [0.15, 0.2) is 0 Å². The zero-order chi connectivity index (χ0) is 7.90. The summed E-state index contributed by atoms with van der Waals surface area (Å²) < 4.78 is 0. The summed E-state index contributed by atoms with van der Waals surface area (Å²) in [6.07, 6.45) is 3.03. The van der Waals surface area contributed by atoms with Crippen LogP contribution in [0.25, 0.3) is 0 Å². The average Bonchev–Trinajstić information content (AvgIpc) is 2.70. The Kier molecular flexibility index (Phi) is 1.42. The van der Waals surface area contributed by atoms with Crippen LogP contribution < -0.4 is 5.32 Å². The van der Waals surface area contributed by atoms with Gasteiger partial charge in [0.05, 0.1) is 5.92 Å². The van der Waals surface area contributed by atoms with Crippen molar-refractivity contribution in [2.75, 3.05) is 13.1 Å². The number of hydrogen-bond donors (Lipinski definition) is 2. The summed E-state index contributed by atoms with van der Waals surface area (Å²) in [4.78, 5) is 10.8. The van der Waals surface area contributed by atoms with Crippen molar-refractivity contribution in [2.45, 2.75) is 19.3 Å². The molecule has 1 spiro atoms. The highest BCUT2D eigenvalue weighted by Crippen LogP contribution is 2.53. The molecule has 3 heteroatoms. The van der Waals surface area contributed by atoms with Crippen molar-refractivity contribution in [1.29, 1.82) is 0 Å². The first-order valence-corrected chi connectivity index (χ1v) is 4.18. The Morgan fingerprint density at radius 1 is 1.55 bits per heavy atom. The van der Waals surface area contributed by atoms with Crippen molar-refractivity contribution in [3.8, 4) is 0 Å². The van der Waals surface area contributed by atoms with Gasteiger partial charge in [-0.1, -0.05) is 0 Å². The minimum atomic E-state index is -0.594. The van der Waals surface area contributed by atoms with Crippen LogP contribution in [0.4, 0.5) is 0 Å². The Hall–Kier alpha value is -0.570. The predicted octanol–water partition coefficient (Wildman–Crippen LogP) is 0.461. The molecule has 3 nitrogen and oxygen atoms in total. The number of nitrogens with one attached hydrogen (secondary N) is 1. The molecule has 62 valence electrons. The fourth-order valence-corrected chi connectivity index (χ4v) is 2.08. The molecule has 2 N–H and O–H groups in total. The first-order valence-electron chi connectivity index (χ1n) is 4.18. The Labute approximate surface area is 65.8 Å². The molecule has 2 rings (SSSR count). The molecule has 0 aromatic rings. The van der Waals surface area contributed by atoms with E-state index < -0.39 is 5.97 Å². The van der Waals surface area contributed by atoms with E-state index in [9.17, 15) is 4.79 Å². The molecule has 2 aliphatic rings. The van der Waals surface area contributed by atoms with Crippen molar-refractivity contribution in [1.82, 2.24) is 5.32 Å². The van der Waals surface area contributed by atoms with Gasteiger partial charge in [0.1, 0.15) is 0 Å². The summed E-state index contributed by atoms with van der Waals surface area (Å²) >= 11 is 0. The monoisotopic (exact) mass is 155 g/mol. The molecule has 1 unspecified atom stereocenters. The summed E-state index contributed by atoms with van der Waals surface area (Å²) in [5.41, 5.74) is 0.157. The van der Waals surface area contributed by atoms with Crippen LogP contribution >= 0.6 is 0 Å². The lowest BCUT2D eigenvalue weighted by Crippen LogP contribution is -2.41. The van der Waals surface area contributed by atoms with Crippen molar-refractivity contribution >= 4 is 5.97 Å². The van der Waals surface area contributed by atoms with Crippen LogP contribution in [0.3, 0.4) is 0 Å². The van der Waals surface area contributed by atoms with E-state index in [0.29, 0.717) is 0 Å². The van der Waals surface area contributed by atoms with Crippen LogP contribution in [0.5, 0.6) is 0 Å². The van der Waals surface area contributed by atoms with Crippen molar-refractivity contribution in [3.63, 3.8) is 0 Å². The fourth-order valence-electron chi connectivity index (χ4n) is 2.08. The molecule has 1 aliphatic carbocycles. The molecule has 1 heterocycles. The van der Waals surface area contributed by atoms with Gasteiger partial charge in [-0.3, -0.25) is 4.79 Å². The molecule has 1 saturated heterocycles. The molecule has 2 fully saturated rings. The van der Waals surface area contributed by atoms with Gasteiger partial charge in [0.25, 0.3) is 0 Å². The SMILES string of the molecule is O=C(O)C1CCNCC12CC2. The summed E-state index contributed by atoms with van der Waals surface area (Å²) in [6.45, 7) is 1.79. The summed E-state index contributed by atoms with van der Waals surface area (Å²) in [6, 6.07) is 0. The average molecular weight is 155 g/mol. The number of carboxylic acids is 1. The minimum Gasteiger partial charge on any atom is -0.481 e. The topological polar surface area (TPSA) is 49.3 Å². The maximum atomic E-state index is 10.8.